The Bertz CT molecular complexity index is 1700. The average Bonchev–Trinajstić information content (AvgIpc) is 2.81. The predicted octanol–water partition coefficient (Wildman–Crippen LogP) is -6.14. The van der Waals surface area contributed by atoms with E-state index in [1.807, 2.05) is 0 Å². The van der Waals surface area contributed by atoms with E-state index in [-0.39, 0.29) is 117 Å². The van der Waals surface area contributed by atoms with Crippen molar-refractivity contribution in [2.45, 2.75) is 9.79 Å². The topological polar surface area (TPSA) is 320 Å². The molecule has 0 aliphatic carbocycles. The van der Waals surface area contributed by atoms with Crippen LogP contribution in [0.5, 0.6) is 0 Å². The van der Waals surface area contributed by atoms with Gasteiger partial charge in [-0.1, -0.05) is 24.3 Å². The summed E-state index contributed by atoms with van der Waals surface area (Å²) in [6, 6.07) is 7.29. The molecule has 0 fully saturated rings. The van der Waals surface area contributed by atoms with E-state index in [1.54, 1.807) is 0 Å². The first-order valence-electron chi connectivity index (χ1n) is 10.6. The van der Waals surface area contributed by atoms with Gasteiger partial charge >= 0.3 is 59.1 Å². The maximum Gasteiger partial charge on any atom is 1.00 e. The van der Waals surface area contributed by atoms with Crippen LogP contribution in [-0.4, -0.2) is 55.8 Å². The number of aromatic nitrogens is 6. The molecular formula is C20H18N12Na2O6S2. The van der Waals surface area contributed by atoms with Gasteiger partial charge < -0.3 is 42.7 Å². The van der Waals surface area contributed by atoms with Crippen LogP contribution < -0.4 is 92.7 Å². The van der Waals surface area contributed by atoms with E-state index in [9.17, 15) is 25.9 Å². The van der Waals surface area contributed by atoms with Crippen LogP contribution in [0.15, 0.2) is 46.2 Å². The van der Waals surface area contributed by atoms with Crippen LogP contribution >= 0.6 is 0 Å². The predicted molar refractivity (Wildman–Crippen MR) is 142 cm³/mol. The molecule has 4 rings (SSSR count). The summed E-state index contributed by atoms with van der Waals surface area (Å²) in [7, 11) is -10.1. The van der Waals surface area contributed by atoms with Crippen LogP contribution in [0.25, 0.3) is 12.2 Å². The molecular weight excluding hydrogens is 614 g/mol. The molecule has 4 aromatic rings. The number of nitrogens with one attached hydrogen (secondary N) is 2. The van der Waals surface area contributed by atoms with Crippen LogP contribution in [-0.2, 0) is 20.2 Å². The number of anilines is 8. The smallest absolute Gasteiger partial charge is 0.744 e. The molecule has 0 bridgehead atoms. The normalized spacial score (nSPS) is 11.4. The molecule has 0 saturated carbocycles. The third kappa shape index (κ3) is 9.16. The summed E-state index contributed by atoms with van der Waals surface area (Å²) in [6.45, 7) is 0. The zero-order valence-electron chi connectivity index (χ0n) is 21.9. The van der Waals surface area contributed by atoms with Gasteiger partial charge in [-0.2, -0.15) is 29.9 Å². The summed E-state index contributed by atoms with van der Waals surface area (Å²) in [5.74, 6) is -0.999. The fraction of sp³-hybridized carbons (Fsp3) is 0. The molecule has 0 unspecified atom stereocenters. The van der Waals surface area contributed by atoms with Gasteiger partial charge in [-0.3, -0.25) is 0 Å². The number of nitrogen functional groups attached to an aromatic ring is 4. The number of nitrogens with zero attached hydrogens (tertiary/aromatic N) is 6. The molecule has 42 heavy (non-hydrogen) atoms. The van der Waals surface area contributed by atoms with Crippen molar-refractivity contribution in [2.24, 2.45) is 0 Å². The maximum atomic E-state index is 12.0. The van der Waals surface area contributed by atoms with E-state index in [2.05, 4.69) is 40.5 Å². The second kappa shape index (κ2) is 13.9. The molecule has 10 N–H and O–H groups in total. The SMILES string of the molecule is Nc1nc(N)nc(Nc2ccc(C=Cc3ccc(Nc4nc(N)nc(N)n4)cc3S(=O)(=O)[O-])c(S(=O)(=O)[O-])c2)n1.[Na+].[Na+]. The van der Waals surface area contributed by atoms with Crippen molar-refractivity contribution in [1.82, 2.24) is 29.9 Å². The zero-order valence-corrected chi connectivity index (χ0v) is 27.5. The Labute approximate surface area is 283 Å². The quantitative estimate of drug-likeness (QED) is 0.0597. The first kappa shape index (κ1) is 35.0. The van der Waals surface area contributed by atoms with Crippen molar-refractivity contribution in [3.63, 3.8) is 0 Å². The number of nitrogens with two attached hydrogens (primary N) is 4. The molecule has 2 aromatic carbocycles. The number of benzene rings is 2. The Morgan fingerprint density at radius 3 is 1.17 bits per heavy atom. The number of rotatable bonds is 8. The van der Waals surface area contributed by atoms with Gasteiger partial charge in [-0.25, -0.2) is 16.8 Å². The summed E-state index contributed by atoms with van der Waals surface area (Å²) < 4.78 is 71.9. The molecule has 0 atom stereocenters. The summed E-state index contributed by atoms with van der Waals surface area (Å²) in [5.41, 5.74) is 22.0. The third-order valence-corrected chi connectivity index (χ3v) is 6.64. The molecule has 18 nitrogen and oxygen atoms in total. The van der Waals surface area contributed by atoms with E-state index >= 15 is 0 Å². The summed E-state index contributed by atoms with van der Waals surface area (Å²) in [4.78, 5) is 21.1. The fourth-order valence-corrected chi connectivity index (χ4v) is 4.69. The van der Waals surface area contributed by atoms with Crippen LogP contribution in [0, 0.1) is 0 Å². The monoisotopic (exact) mass is 632 g/mol. The van der Waals surface area contributed by atoms with Gasteiger partial charge in [-0.15, -0.1) is 0 Å². The van der Waals surface area contributed by atoms with E-state index in [0.717, 1.165) is 24.3 Å². The number of hydrogen-bond donors (Lipinski definition) is 6. The Morgan fingerprint density at radius 1 is 0.571 bits per heavy atom. The first-order valence-corrected chi connectivity index (χ1v) is 13.4. The Hall–Kier alpha value is -3.18. The first-order chi connectivity index (χ1) is 18.7. The van der Waals surface area contributed by atoms with Crippen LogP contribution in [0.2, 0.25) is 0 Å². The molecule has 2 heterocycles. The van der Waals surface area contributed by atoms with Crippen molar-refractivity contribution in [1.29, 1.82) is 0 Å². The largest absolute Gasteiger partial charge is 1.00 e. The van der Waals surface area contributed by atoms with E-state index in [4.69, 9.17) is 22.9 Å². The minimum Gasteiger partial charge on any atom is -0.744 e. The molecule has 0 spiro atoms. The third-order valence-electron chi connectivity index (χ3n) is 4.86. The molecule has 0 aliphatic rings. The molecule has 0 saturated heterocycles. The second-order valence-electron chi connectivity index (χ2n) is 7.75. The summed E-state index contributed by atoms with van der Waals surface area (Å²) >= 11 is 0. The Kier molecular flexibility index (Phi) is 11.6. The standard InChI is InChI=1S/C20H20N12O6S2.2Na/c21-15-27-16(22)30-19(29-15)25-11-5-3-9(13(7-11)39(33,34)35)1-2-10-4-6-12(8-14(10)40(36,37)38)26-20-31-17(23)28-18(24)32-20;;/h1-8H,(H,33,34,35)(H,36,37,38)(H5,21,22,25,27,29,30)(H5,23,24,26,28,31,32);;/q;2*+1/p-2. The molecule has 0 radical (unpaired) electrons. The average molecular weight is 633 g/mol. The molecule has 0 amide bonds. The van der Waals surface area contributed by atoms with Crippen molar-refractivity contribution in [3.8, 4) is 0 Å². The minimum atomic E-state index is -5.03. The molecule has 0 aliphatic heterocycles. The summed E-state index contributed by atoms with van der Waals surface area (Å²) in [6.07, 6.45) is 2.30. The van der Waals surface area contributed by atoms with Gasteiger partial charge in [0.05, 0.1) is 9.79 Å². The summed E-state index contributed by atoms with van der Waals surface area (Å²) in [5, 5.41) is 5.31. The second-order valence-corrected chi connectivity index (χ2v) is 10.4. The Morgan fingerprint density at radius 2 is 0.881 bits per heavy atom. The van der Waals surface area contributed by atoms with Crippen LogP contribution in [0.3, 0.4) is 0 Å². The molecule has 22 heteroatoms. The van der Waals surface area contributed by atoms with Crippen molar-refractivity contribution in [2.75, 3.05) is 33.6 Å². The van der Waals surface area contributed by atoms with Crippen LogP contribution in [0.1, 0.15) is 11.1 Å². The van der Waals surface area contributed by atoms with Gasteiger partial charge in [0.25, 0.3) is 0 Å². The van der Waals surface area contributed by atoms with Gasteiger partial charge in [0.1, 0.15) is 20.2 Å². The van der Waals surface area contributed by atoms with Crippen molar-refractivity contribution < 1.29 is 85.1 Å². The van der Waals surface area contributed by atoms with Crippen LogP contribution in [0.4, 0.5) is 47.1 Å². The van der Waals surface area contributed by atoms with E-state index < -0.39 is 30.0 Å². The van der Waals surface area contributed by atoms with Gasteiger partial charge in [-0.05, 0) is 35.4 Å². The molecule has 2 aromatic heterocycles. The van der Waals surface area contributed by atoms with Crippen molar-refractivity contribution >= 4 is 79.5 Å². The Balaban J connectivity index is 0.00000308. The fourth-order valence-electron chi connectivity index (χ4n) is 3.30. The zero-order chi connectivity index (χ0) is 29.2. The minimum absolute atomic E-state index is 0. The van der Waals surface area contributed by atoms with Crippen molar-refractivity contribution in [3.05, 3.63) is 47.5 Å². The van der Waals surface area contributed by atoms with Gasteiger partial charge in [0, 0.05) is 11.4 Å². The molecule has 208 valence electrons. The van der Waals surface area contributed by atoms with Gasteiger partial charge in [0.2, 0.25) is 35.7 Å². The maximum absolute atomic E-state index is 12.0. The van der Waals surface area contributed by atoms with E-state index in [0.29, 0.717) is 0 Å². The van der Waals surface area contributed by atoms with Gasteiger partial charge in [0.15, 0.2) is 0 Å². The van der Waals surface area contributed by atoms with E-state index in [1.165, 1.54) is 24.3 Å². The number of hydrogen-bond acceptors (Lipinski definition) is 18.